The number of aryl methyl sites for hydroxylation is 1. The third-order valence-corrected chi connectivity index (χ3v) is 6.48. The lowest BCUT2D eigenvalue weighted by atomic mass is 9.87. The van der Waals surface area contributed by atoms with Gasteiger partial charge in [-0.05, 0) is 71.9 Å². The van der Waals surface area contributed by atoms with E-state index >= 15 is 0 Å². The van der Waals surface area contributed by atoms with Gasteiger partial charge in [0.1, 0.15) is 5.82 Å². The van der Waals surface area contributed by atoms with E-state index in [1.165, 1.54) is 0 Å². The molecule has 4 rings (SSSR count). The van der Waals surface area contributed by atoms with Crippen LogP contribution in [0.3, 0.4) is 0 Å². The van der Waals surface area contributed by atoms with Gasteiger partial charge in [-0.15, -0.1) is 0 Å². The molecule has 32 heavy (non-hydrogen) atoms. The number of allylic oxidation sites excluding steroid dienone is 2. The van der Waals surface area contributed by atoms with Crippen molar-refractivity contribution in [3.63, 3.8) is 0 Å². The molecule has 0 N–H and O–H groups in total. The van der Waals surface area contributed by atoms with Crippen LogP contribution < -0.4 is 0 Å². The van der Waals surface area contributed by atoms with Gasteiger partial charge in [0.15, 0.2) is 11.6 Å². The van der Waals surface area contributed by atoms with Crippen LogP contribution in [0, 0.1) is 23.4 Å². The Labute approximate surface area is 188 Å². The van der Waals surface area contributed by atoms with Crippen LogP contribution >= 0.6 is 0 Å². The van der Waals surface area contributed by atoms with Gasteiger partial charge >= 0.3 is 0 Å². The first kappa shape index (κ1) is 22.4. The fraction of sp³-hybridized carbons (Fsp3) is 0.310. The second kappa shape index (κ2) is 9.77. The Bertz CT molecular complexity index is 1130. The quantitative estimate of drug-likeness (QED) is 0.363. The first-order valence-electron chi connectivity index (χ1n) is 11.5. The average Bonchev–Trinajstić information content (AvgIpc) is 2.81. The van der Waals surface area contributed by atoms with Gasteiger partial charge in [-0.2, -0.15) is 0 Å². The van der Waals surface area contributed by atoms with Crippen LogP contribution in [-0.2, 0) is 6.42 Å². The second-order valence-electron chi connectivity index (χ2n) is 8.88. The van der Waals surface area contributed by atoms with Crippen molar-refractivity contribution in [3.05, 3.63) is 89.3 Å². The highest BCUT2D eigenvalue weighted by Gasteiger charge is 2.16. The Hall–Kier alpha value is -2.81. The van der Waals surface area contributed by atoms with Gasteiger partial charge in [-0.1, -0.05) is 74.9 Å². The molecule has 3 heteroatoms. The molecule has 0 nitrogen and oxygen atoms in total. The van der Waals surface area contributed by atoms with Crippen LogP contribution in [0.1, 0.15) is 57.1 Å². The molecule has 0 fully saturated rings. The summed E-state index contributed by atoms with van der Waals surface area (Å²) in [4.78, 5) is 0. The molecule has 0 aromatic heterocycles. The molecular weight excluding hydrogens is 405 g/mol. The maximum atomic E-state index is 14.9. The largest absolute Gasteiger partial charge is 0.206 e. The number of benzene rings is 3. The summed E-state index contributed by atoms with van der Waals surface area (Å²) < 4.78 is 44.0. The molecule has 1 atom stereocenters. The highest BCUT2D eigenvalue weighted by atomic mass is 19.2. The molecule has 166 valence electrons. The zero-order valence-electron chi connectivity index (χ0n) is 18.7. The van der Waals surface area contributed by atoms with Gasteiger partial charge < -0.3 is 0 Å². The van der Waals surface area contributed by atoms with Crippen LogP contribution in [0.4, 0.5) is 13.2 Å². The van der Waals surface area contributed by atoms with E-state index in [1.807, 2.05) is 31.2 Å². The minimum Gasteiger partial charge on any atom is -0.206 e. The summed E-state index contributed by atoms with van der Waals surface area (Å²) in [6, 6.07) is 15.8. The highest BCUT2D eigenvalue weighted by molar-refractivity contribution is 5.74. The number of hydrogen-bond acceptors (Lipinski definition) is 0. The number of hydrogen-bond donors (Lipinski definition) is 0. The first-order chi connectivity index (χ1) is 15.5. The van der Waals surface area contributed by atoms with E-state index in [-0.39, 0.29) is 11.4 Å². The van der Waals surface area contributed by atoms with Crippen molar-refractivity contribution in [3.8, 4) is 22.3 Å². The minimum absolute atomic E-state index is 0.219. The number of rotatable bonds is 6. The predicted octanol–water partition coefficient (Wildman–Crippen LogP) is 8.98. The lowest BCUT2D eigenvalue weighted by Gasteiger charge is -2.19. The molecule has 0 saturated heterocycles. The van der Waals surface area contributed by atoms with Gasteiger partial charge in [0.2, 0.25) is 0 Å². The van der Waals surface area contributed by atoms with E-state index in [4.69, 9.17) is 0 Å². The van der Waals surface area contributed by atoms with Crippen molar-refractivity contribution >= 4 is 5.57 Å². The SMILES string of the molecule is CCCCc1ccc(-c2ccc(-c3ccc(C4=CCC(C)CC4)c(F)c3)cc2)c(F)c1F. The zero-order valence-corrected chi connectivity index (χ0v) is 18.7. The highest BCUT2D eigenvalue weighted by Crippen LogP contribution is 2.34. The van der Waals surface area contributed by atoms with Crippen molar-refractivity contribution in [1.82, 2.24) is 0 Å². The summed E-state index contributed by atoms with van der Waals surface area (Å²) in [5.74, 6) is -1.13. The molecule has 0 saturated carbocycles. The summed E-state index contributed by atoms with van der Waals surface area (Å²) in [6.45, 7) is 4.24. The third-order valence-electron chi connectivity index (χ3n) is 6.48. The van der Waals surface area contributed by atoms with E-state index in [9.17, 15) is 13.2 Å². The van der Waals surface area contributed by atoms with Crippen LogP contribution in [0.15, 0.2) is 60.7 Å². The minimum atomic E-state index is -0.808. The molecule has 1 aliphatic carbocycles. The zero-order chi connectivity index (χ0) is 22.7. The molecule has 3 aromatic carbocycles. The Kier molecular flexibility index (Phi) is 6.83. The standard InChI is InChI=1S/C29H29F3/c1-3-4-5-23-14-17-26(29(32)28(23)31)22-12-10-20(11-13-22)24-15-16-25(27(30)18-24)21-8-6-19(2)7-9-21/h8,10-19H,3-7,9H2,1-2H3. The number of halogens is 3. The van der Waals surface area contributed by atoms with Crippen molar-refractivity contribution < 1.29 is 13.2 Å². The number of unbranched alkanes of at least 4 members (excludes halogenated alkanes) is 1. The van der Waals surface area contributed by atoms with Gasteiger partial charge in [-0.3, -0.25) is 0 Å². The van der Waals surface area contributed by atoms with Crippen molar-refractivity contribution in [2.45, 2.75) is 52.4 Å². The van der Waals surface area contributed by atoms with Crippen molar-refractivity contribution in [2.24, 2.45) is 5.92 Å². The van der Waals surface area contributed by atoms with Gasteiger partial charge in [0.25, 0.3) is 0 Å². The molecule has 0 aliphatic heterocycles. The molecule has 0 amide bonds. The summed E-state index contributed by atoms with van der Waals surface area (Å²) >= 11 is 0. The van der Waals surface area contributed by atoms with Crippen LogP contribution in [0.5, 0.6) is 0 Å². The molecule has 0 bridgehead atoms. The Morgan fingerprint density at radius 3 is 2.16 bits per heavy atom. The van der Waals surface area contributed by atoms with Crippen molar-refractivity contribution in [1.29, 1.82) is 0 Å². The predicted molar refractivity (Wildman–Crippen MR) is 127 cm³/mol. The maximum absolute atomic E-state index is 14.9. The molecule has 0 radical (unpaired) electrons. The average molecular weight is 435 g/mol. The Morgan fingerprint density at radius 1 is 0.812 bits per heavy atom. The fourth-order valence-corrected chi connectivity index (χ4v) is 4.38. The molecular formula is C29H29F3. The van der Waals surface area contributed by atoms with Gasteiger partial charge in [0, 0.05) is 11.1 Å². The molecule has 3 aromatic rings. The Morgan fingerprint density at radius 2 is 1.50 bits per heavy atom. The van der Waals surface area contributed by atoms with E-state index in [1.54, 1.807) is 30.3 Å². The van der Waals surface area contributed by atoms with Crippen LogP contribution in [-0.4, -0.2) is 0 Å². The molecule has 0 heterocycles. The lowest BCUT2D eigenvalue weighted by Crippen LogP contribution is -2.02. The normalized spacial score (nSPS) is 16.2. The monoisotopic (exact) mass is 434 g/mol. The van der Waals surface area contributed by atoms with Crippen LogP contribution in [0.2, 0.25) is 0 Å². The topological polar surface area (TPSA) is 0 Å². The third kappa shape index (κ3) is 4.67. The van der Waals surface area contributed by atoms with E-state index < -0.39 is 11.6 Å². The molecule has 0 spiro atoms. The van der Waals surface area contributed by atoms with Crippen molar-refractivity contribution in [2.75, 3.05) is 0 Å². The molecule has 1 unspecified atom stereocenters. The summed E-state index contributed by atoms with van der Waals surface area (Å²) in [6.07, 6.45) is 7.45. The summed E-state index contributed by atoms with van der Waals surface area (Å²) in [7, 11) is 0. The van der Waals surface area contributed by atoms with E-state index in [0.717, 1.165) is 48.8 Å². The Balaban J connectivity index is 1.57. The van der Waals surface area contributed by atoms with Gasteiger partial charge in [0.05, 0.1) is 0 Å². The first-order valence-corrected chi connectivity index (χ1v) is 11.5. The smallest absolute Gasteiger partial charge is 0.166 e. The van der Waals surface area contributed by atoms with E-state index in [0.29, 0.717) is 29.0 Å². The van der Waals surface area contributed by atoms with Gasteiger partial charge in [-0.25, -0.2) is 13.2 Å². The second-order valence-corrected chi connectivity index (χ2v) is 8.88. The fourth-order valence-electron chi connectivity index (χ4n) is 4.38. The summed E-state index contributed by atoms with van der Waals surface area (Å²) in [5, 5.41) is 0. The van der Waals surface area contributed by atoms with Crippen LogP contribution in [0.25, 0.3) is 27.8 Å². The maximum Gasteiger partial charge on any atom is 0.166 e. The van der Waals surface area contributed by atoms with E-state index in [2.05, 4.69) is 13.0 Å². The lowest BCUT2D eigenvalue weighted by molar-refractivity contribution is 0.499. The molecule has 1 aliphatic rings. The summed E-state index contributed by atoms with van der Waals surface area (Å²) in [5.41, 5.74) is 4.64.